The molecule has 0 N–H and O–H groups in total. The lowest BCUT2D eigenvalue weighted by atomic mass is 10.4. The van der Waals surface area contributed by atoms with Gasteiger partial charge in [-0.2, -0.15) is 0 Å². The van der Waals surface area contributed by atoms with Gasteiger partial charge in [0, 0.05) is 27.4 Å². The van der Waals surface area contributed by atoms with Crippen LogP contribution in [-0.2, 0) is 13.3 Å². The predicted octanol–water partition coefficient (Wildman–Crippen LogP) is -0.348. The van der Waals surface area contributed by atoms with Crippen LogP contribution in [0.4, 0.5) is 0 Å². The Morgan fingerprint density at radius 2 is 1.47 bits per heavy atom. The Bertz CT molecular complexity index is 172. The Labute approximate surface area is 97.9 Å². The highest BCUT2D eigenvalue weighted by Gasteiger charge is 2.38. The lowest BCUT2D eigenvalue weighted by Gasteiger charge is -2.33. The molecular weight excluding hydrogens is 226 g/mol. The van der Waals surface area contributed by atoms with Crippen LogP contribution in [0.2, 0.25) is 6.04 Å². The minimum Gasteiger partial charge on any atom is -0.377 e. The quantitative estimate of drug-likeness (QED) is 0.458. The molecule has 0 saturated heterocycles. The zero-order valence-corrected chi connectivity index (χ0v) is 14.2. The molecule has 0 saturated carbocycles. The third-order valence-corrected chi connectivity index (χ3v) is 8.02. The smallest absolute Gasteiger partial charge is 0.377 e. The van der Waals surface area contributed by atoms with Crippen LogP contribution in [0.25, 0.3) is 0 Å². The van der Waals surface area contributed by atoms with Crippen LogP contribution in [0.1, 0.15) is 6.42 Å². The molecule has 0 amide bonds. The molecule has 0 aliphatic rings. The summed E-state index contributed by atoms with van der Waals surface area (Å²) in [5, 5.41) is 0. The summed E-state index contributed by atoms with van der Waals surface area (Å²) in [5.74, 6) is 0. The SMILES string of the molecule is CO[Si](CCC([SiH3])[N+](C)(C)C)(OC)OC. The summed E-state index contributed by atoms with van der Waals surface area (Å²) in [4.78, 5) is 0. The number of rotatable bonds is 7. The second kappa shape index (κ2) is 6.12. The van der Waals surface area contributed by atoms with Gasteiger partial charge in [-0.15, -0.1) is 0 Å². The Morgan fingerprint density at radius 1 is 1.07 bits per heavy atom. The van der Waals surface area contributed by atoms with Crippen molar-refractivity contribution in [2.75, 3.05) is 42.5 Å². The first kappa shape index (κ1) is 15.3. The van der Waals surface area contributed by atoms with Crippen molar-refractivity contribution >= 4 is 19.0 Å². The summed E-state index contributed by atoms with van der Waals surface area (Å²) in [7, 11) is 10.5. The van der Waals surface area contributed by atoms with Gasteiger partial charge in [0.1, 0.15) is 0 Å². The molecule has 0 spiro atoms. The largest absolute Gasteiger partial charge is 0.500 e. The second-order valence-electron chi connectivity index (χ2n) is 4.80. The maximum atomic E-state index is 5.40. The predicted molar refractivity (Wildman–Crippen MR) is 68.0 cm³/mol. The highest BCUT2D eigenvalue weighted by molar-refractivity contribution is 6.60. The van der Waals surface area contributed by atoms with Crippen LogP contribution >= 0.6 is 0 Å². The van der Waals surface area contributed by atoms with Gasteiger partial charge >= 0.3 is 8.80 Å². The van der Waals surface area contributed by atoms with E-state index in [1.165, 1.54) is 10.2 Å². The van der Waals surface area contributed by atoms with Crippen LogP contribution in [0, 0.1) is 0 Å². The first-order valence-electron chi connectivity index (χ1n) is 5.28. The van der Waals surface area contributed by atoms with Crippen molar-refractivity contribution < 1.29 is 17.8 Å². The monoisotopic (exact) mass is 252 g/mol. The summed E-state index contributed by atoms with van der Waals surface area (Å²) in [6.07, 6.45) is 1.11. The molecule has 1 atom stereocenters. The van der Waals surface area contributed by atoms with Crippen LogP contribution in [-0.4, -0.2) is 71.7 Å². The third-order valence-electron chi connectivity index (χ3n) is 3.12. The van der Waals surface area contributed by atoms with Crippen LogP contribution in [0.15, 0.2) is 0 Å². The minimum absolute atomic E-state index is 0.706. The molecule has 0 aromatic rings. The van der Waals surface area contributed by atoms with E-state index in [1.807, 2.05) is 0 Å². The van der Waals surface area contributed by atoms with E-state index in [9.17, 15) is 0 Å². The molecule has 0 radical (unpaired) electrons. The fraction of sp³-hybridized carbons (Fsp3) is 1.00. The van der Waals surface area contributed by atoms with Gasteiger partial charge in [0.25, 0.3) is 0 Å². The van der Waals surface area contributed by atoms with Crippen molar-refractivity contribution in [1.29, 1.82) is 0 Å². The normalized spacial score (nSPS) is 15.6. The molecule has 1 unspecified atom stereocenters. The van der Waals surface area contributed by atoms with Crippen LogP contribution in [0.3, 0.4) is 0 Å². The van der Waals surface area contributed by atoms with Crippen LogP contribution in [0.5, 0.6) is 0 Å². The van der Waals surface area contributed by atoms with Gasteiger partial charge in [0.15, 0.2) is 0 Å². The van der Waals surface area contributed by atoms with E-state index in [2.05, 4.69) is 21.1 Å². The van der Waals surface area contributed by atoms with Gasteiger partial charge in [-0.25, -0.2) is 0 Å². The Hall–Kier alpha value is 0.274. The molecule has 0 bridgehead atoms. The molecule has 0 aliphatic heterocycles. The zero-order chi connectivity index (χ0) is 12.1. The average molecular weight is 252 g/mol. The van der Waals surface area contributed by atoms with Gasteiger partial charge in [-0.05, 0) is 6.42 Å². The van der Waals surface area contributed by atoms with Crippen molar-refractivity contribution in [3.8, 4) is 0 Å². The minimum atomic E-state index is -2.35. The highest BCUT2D eigenvalue weighted by atomic mass is 28.4. The van der Waals surface area contributed by atoms with Crippen LogP contribution < -0.4 is 0 Å². The lowest BCUT2D eigenvalue weighted by Crippen LogP contribution is -2.49. The van der Waals surface area contributed by atoms with Crippen molar-refractivity contribution in [2.45, 2.75) is 18.1 Å². The Morgan fingerprint density at radius 3 is 1.73 bits per heavy atom. The van der Waals surface area contributed by atoms with E-state index in [4.69, 9.17) is 13.3 Å². The summed E-state index contributed by atoms with van der Waals surface area (Å²) in [5.41, 5.74) is 0.706. The van der Waals surface area contributed by atoms with Gasteiger partial charge in [0.05, 0.1) is 37.1 Å². The first-order valence-corrected chi connectivity index (χ1v) is 8.36. The van der Waals surface area contributed by atoms with E-state index in [1.54, 1.807) is 21.3 Å². The Kier molecular flexibility index (Phi) is 6.23. The molecule has 15 heavy (non-hydrogen) atoms. The van der Waals surface area contributed by atoms with E-state index in [0.717, 1.165) is 16.9 Å². The topological polar surface area (TPSA) is 27.7 Å². The molecule has 0 heterocycles. The second-order valence-corrected chi connectivity index (χ2v) is 9.22. The Balaban J connectivity index is 4.23. The number of quaternary nitrogens is 1. The third kappa shape index (κ3) is 4.75. The molecule has 6 heteroatoms. The number of hydrogen-bond donors (Lipinski definition) is 0. The average Bonchev–Trinajstić information content (AvgIpc) is 2.19. The molecule has 0 aromatic carbocycles. The molecular formula is C9H26NO3Si2+. The fourth-order valence-corrected chi connectivity index (χ4v) is 4.08. The summed E-state index contributed by atoms with van der Waals surface area (Å²) < 4.78 is 17.2. The molecule has 0 aliphatic carbocycles. The van der Waals surface area contributed by atoms with Gasteiger partial charge in [-0.1, -0.05) is 0 Å². The molecule has 92 valence electrons. The maximum Gasteiger partial charge on any atom is 0.500 e. The van der Waals surface area contributed by atoms with E-state index < -0.39 is 8.80 Å². The molecule has 0 rings (SSSR count). The van der Waals surface area contributed by atoms with Crippen molar-refractivity contribution in [2.24, 2.45) is 0 Å². The maximum absolute atomic E-state index is 5.40. The van der Waals surface area contributed by atoms with Gasteiger partial charge in [-0.3, -0.25) is 0 Å². The number of hydrogen-bond acceptors (Lipinski definition) is 3. The molecule has 4 nitrogen and oxygen atoms in total. The standard InChI is InChI=1S/C9H26NO3Si2/c1-10(2,3)9(14)7-8-15(11-4,12-5)13-6/h9H,7-8H2,1-6,14H3/q+1. The summed E-state index contributed by atoms with van der Waals surface area (Å²) in [6, 6.07) is 0.903. The molecule has 0 fully saturated rings. The van der Waals surface area contributed by atoms with E-state index in [-0.39, 0.29) is 0 Å². The number of nitrogens with zero attached hydrogens (tertiary/aromatic N) is 1. The first-order chi connectivity index (χ1) is 6.81. The fourth-order valence-electron chi connectivity index (χ4n) is 1.33. The van der Waals surface area contributed by atoms with E-state index in [0.29, 0.717) is 5.67 Å². The van der Waals surface area contributed by atoms with Crippen molar-refractivity contribution in [3.05, 3.63) is 0 Å². The van der Waals surface area contributed by atoms with Gasteiger partial charge < -0.3 is 17.8 Å². The molecule has 0 aromatic heterocycles. The highest BCUT2D eigenvalue weighted by Crippen LogP contribution is 2.18. The zero-order valence-electron chi connectivity index (χ0n) is 11.2. The van der Waals surface area contributed by atoms with Gasteiger partial charge in [0.2, 0.25) is 0 Å². The van der Waals surface area contributed by atoms with Crippen molar-refractivity contribution in [1.82, 2.24) is 0 Å². The lowest BCUT2D eigenvalue weighted by molar-refractivity contribution is -0.882. The summed E-state index contributed by atoms with van der Waals surface area (Å²) in [6.45, 7) is 0. The van der Waals surface area contributed by atoms with E-state index >= 15 is 0 Å². The van der Waals surface area contributed by atoms with Crippen molar-refractivity contribution in [3.63, 3.8) is 0 Å². The summed E-state index contributed by atoms with van der Waals surface area (Å²) >= 11 is 0.